The summed E-state index contributed by atoms with van der Waals surface area (Å²) in [7, 11) is 0. The summed E-state index contributed by atoms with van der Waals surface area (Å²) in [5, 5.41) is 27.0. The SMILES string of the molecule is O=C(O)C1CN(C(=O)c2ccc(O)c(O)c2)C1. The second-order valence-corrected chi connectivity index (χ2v) is 3.95. The first-order valence-electron chi connectivity index (χ1n) is 5.03. The Morgan fingerprint density at radius 3 is 2.35 bits per heavy atom. The average Bonchev–Trinajstić information content (AvgIpc) is 2.19. The van der Waals surface area contributed by atoms with Gasteiger partial charge in [0.25, 0.3) is 5.91 Å². The minimum atomic E-state index is -0.914. The molecule has 1 fully saturated rings. The van der Waals surface area contributed by atoms with Crippen molar-refractivity contribution in [3.8, 4) is 11.5 Å². The number of hydrogen-bond acceptors (Lipinski definition) is 4. The highest BCUT2D eigenvalue weighted by molar-refractivity contribution is 5.96. The Kier molecular flexibility index (Phi) is 2.63. The monoisotopic (exact) mass is 237 g/mol. The van der Waals surface area contributed by atoms with E-state index in [2.05, 4.69) is 0 Å². The van der Waals surface area contributed by atoms with Gasteiger partial charge in [-0.1, -0.05) is 0 Å². The van der Waals surface area contributed by atoms with Crippen LogP contribution in [0.5, 0.6) is 11.5 Å². The molecule has 1 saturated heterocycles. The fourth-order valence-electron chi connectivity index (χ4n) is 1.64. The van der Waals surface area contributed by atoms with Crippen LogP contribution in [0.1, 0.15) is 10.4 Å². The molecule has 1 aliphatic heterocycles. The van der Waals surface area contributed by atoms with Crippen molar-refractivity contribution in [3.05, 3.63) is 23.8 Å². The van der Waals surface area contributed by atoms with Gasteiger partial charge in [-0.15, -0.1) is 0 Å². The summed E-state index contributed by atoms with van der Waals surface area (Å²) < 4.78 is 0. The van der Waals surface area contributed by atoms with Gasteiger partial charge >= 0.3 is 5.97 Å². The van der Waals surface area contributed by atoms with E-state index < -0.39 is 11.9 Å². The quantitative estimate of drug-likeness (QED) is 0.641. The Morgan fingerprint density at radius 1 is 1.18 bits per heavy atom. The Balaban J connectivity index is 2.06. The van der Waals surface area contributed by atoms with Crippen molar-refractivity contribution >= 4 is 11.9 Å². The van der Waals surface area contributed by atoms with Crippen molar-refractivity contribution in [3.63, 3.8) is 0 Å². The molecular weight excluding hydrogens is 226 g/mol. The molecule has 0 aromatic heterocycles. The van der Waals surface area contributed by atoms with Gasteiger partial charge in [-0.05, 0) is 18.2 Å². The van der Waals surface area contributed by atoms with Crippen molar-refractivity contribution in [2.24, 2.45) is 5.92 Å². The Bertz CT molecular complexity index is 479. The van der Waals surface area contributed by atoms with E-state index in [4.69, 9.17) is 10.2 Å². The van der Waals surface area contributed by atoms with E-state index in [-0.39, 0.29) is 36.1 Å². The third-order valence-electron chi connectivity index (χ3n) is 2.74. The molecule has 1 heterocycles. The molecule has 0 radical (unpaired) electrons. The largest absolute Gasteiger partial charge is 0.504 e. The number of rotatable bonds is 2. The van der Waals surface area contributed by atoms with Gasteiger partial charge in [-0.3, -0.25) is 9.59 Å². The molecule has 2 rings (SSSR count). The Labute approximate surface area is 96.7 Å². The summed E-state index contributed by atoms with van der Waals surface area (Å²) in [6.07, 6.45) is 0. The van der Waals surface area contributed by atoms with Crippen LogP contribution in [0.3, 0.4) is 0 Å². The van der Waals surface area contributed by atoms with Crippen LogP contribution in [-0.4, -0.2) is 45.2 Å². The predicted octanol–water partition coefficient (Wildman–Crippen LogP) is 0.254. The molecule has 0 saturated carbocycles. The molecule has 0 atom stereocenters. The van der Waals surface area contributed by atoms with E-state index >= 15 is 0 Å². The molecular formula is C11H11NO5. The molecule has 1 aromatic rings. The molecule has 0 bridgehead atoms. The van der Waals surface area contributed by atoms with Crippen LogP contribution >= 0.6 is 0 Å². The van der Waals surface area contributed by atoms with Gasteiger partial charge in [-0.2, -0.15) is 0 Å². The van der Waals surface area contributed by atoms with Crippen molar-refractivity contribution < 1.29 is 24.9 Å². The lowest BCUT2D eigenvalue weighted by molar-refractivity contribution is -0.146. The van der Waals surface area contributed by atoms with Gasteiger partial charge in [-0.25, -0.2) is 0 Å². The van der Waals surface area contributed by atoms with Crippen molar-refractivity contribution in [1.29, 1.82) is 0 Å². The summed E-state index contributed by atoms with van der Waals surface area (Å²) in [6.45, 7) is 0.353. The summed E-state index contributed by atoms with van der Waals surface area (Å²) in [5.74, 6) is -2.44. The van der Waals surface area contributed by atoms with Gasteiger partial charge in [0, 0.05) is 18.7 Å². The third-order valence-corrected chi connectivity index (χ3v) is 2.74. The first-order valence-corrected chi connectivity index (χ1v) is 5.03. The molecule has 1 aromatic carbocycles. The van der Waals surface area contributed by atoms with Gasteiger partial charge in [0.1, 0.15) is 0 Å². The average molecular weight is 237 g/mol. The van der Waals surface area contributed by atoms with E-state index in [1.54, 1.807) is 0 Å². The first-order chi connectivity index (χ1) is 7.99. The highest BCUT2D eigenvalue weighted by Gasteiger charge is 2.36. The van der Waals surface area contributed by atoms with Crippen LogP contribution in [0, 0.1) is 5.92 Å². The first kappa shape index (κ1) is 11.3. The molecule has 0 spiro atoms. The normalized spacial score (nSPS) is 15.4. The zero-order chi connectivity index (χ0) is 12.6. The minimum absolute atomic E-state index is 0.176. The number of amides is 1. The zero-order valence-corrected chi connectivity index (χ0v) is 8.83. The van der Waals surface area contributed by atoms with Gasteiger partial charge in [0.2, 0.25) is 0 Å². The molecule has 0 aliphatic carbocycles. The van der Waals surface area contributed by atoms with Crippen molar-refractivity contribution in [2.75, 3.05) is 13.1 Å². The Hall–Kier alpha value is -2.24. The van der Waals surface area contributed by atoms with E-state index in [1.807, 2.05) is 0 Å². The van der Waals surface area contributed by atoms with Crippen molar-refractivity contribution in [1.82, 2.24) is 4.90 Å². The van der Waals surface area contributed by atoms with Gasteiger partial charge < -0.3 is 20.2 Å². The number of carbonyl (C=O) groups is 2. The number of aliphatic carboxylic acids is 1. The summed E-state index contributed by atoms with van der Waals surface area (Å²) in [4.78, 5) is 23.8. The maximum atomic E-state index is 11.8. The second-order valence-electron chi connectivity index (χ2n) is 3.95. The number of aromatic hydroxyl groups is 2. The predicted molar refractivity (Wildman–Crippen MR) is 56.8 cm³/mol. The summed E-state index contributed by atoms with van der Waals surface area (Å²) in [6, 6.07) is 3.76. The maximum Gasteiger partial charge on any atom is 0.310 e. The highest BCUT2D eigenvalue weighted by atomic mass is 16.4. The smallest absolute Gasteiger partial charge is 0.310 e. The Morgan fingerprint density at radius 2 is 1.82 bits per heavy atom. The number of carboxylic acids is 1. The second kappa shape index (κ2) is 3.97. The number of benzene rings is 1. The third kappa shape index (κ3) is 2.01. The lowest BCUT2D eigenvalue weighted by atomic mass is 9.99. The molecule has 1 aliphatic rings. The van der Waals surface area contributed by atoms with E-state index in [0.29, 0.717) is 0 Å². The van der Waals surface area contributed by atoms with E-state index in [0.717, 1.165) is 6.07 Å². The number of likely N-dealkylation sites (tertiary alicyclic amines) is 1. The topological polar surface area (TPSA) is 98.1 Å². The number of hydrogen-bond donors (Lipinski definition) is 3. The standard InChI is InChI=1S/C11H11NO5/c13-8-2-1-6(3-9(8)14)10(15)12-4-7(5-12)11(16)17/h1-3,7,13-14H,4-5H2,(H,16,17). The fraction of sp³-hybridized carbons (Fsp3) is 0.273. The maximum absolute atomic E-state index is 11.8. The number of phenols is 2. The number of carbonyl (C=O) groups excluding carboxylic acids is 1. The lowest BCUT2D eigenvalue weighted by Crippen LogP contribution is -2.53. The van der Waals surface area contributed by atoms with Gasteiger partial charge in [0.05, 0.1) is 5.92 Å². The lowest BCUT2D eigenvalue weighted by Gasteiger charge is -2.36. The van der Waals surface area contributed by atoms with Crippen LogP contribution in [0.15, 0.2) is 18.2 Å². The minimum Gasteiger partial charge on any atom is -0.504 e. The van der Waals surface area contributed by atoms with Crippen molar-refractivity contribution in [2.45, 2.75) is 0 Å². The molecule has 3 N–H and O–H groups in total. The van der Waals surface area contributed by atoms with E-state index in [1.165, 1.54) is 17.0 Å². The zero-order valence-electron chi connectivity index (χ0n) is 8.83. The van der Waals surface area contributed by atoms with Crippen LogP contribution < -0.4 is 0 Å². The molecule has 17 heavy (non-hydrogen) atoms. The number of phenolic OH excluding ortho intramolecular Hbond substituents is 2. The van der Waals surface area contributed by atoms with Gasteiger partial charge in [0.15, 0.2) is 11.5 Å². The van der Waals surface area contributed by atoms with Crippen LogP contribution in [0.25, 0.3) is 0 Å². The summed E-state index contributed by atoms with van der Waals surface area (Å²) in [5.41, 5.74) is 0.226. The number of nitrogens with zero attached hydrogens (tertiary/aromatic N) is 1. The molecule has 1 amide bonds. The molecule has 6 heteroatoms. The van der Waals surface area contributed by atoms with Crippen LogP contribution in [-0.2, 0) is 4.79 Å². The number of carboxylic acid groups (broad SMARTS) is 1. The van der Waals surface area contributed by atoms with Crippen LogP contribution in [0.2, 0.25) is 0 Å². The fourth-order valence-corrected chi connectivity index (χ4v) is 1.64. The molecule has 0 unspecified atom stereocenters. The highest BCUT2D eigenvalue weighted by Crippen LogP contribution is 2.27. The summed E-state index contributed by atoms with van der Waals surface area (Å²) >= 11 is 0. The van der Waals surface area contributed by atoms with Crippen LogP contribution in [0.4, 0.5) is 0 Å². The molecule has 6 nitrogen and oxygen atoms in total. The molecule has 90 valence electrons. The van der Waals surface area contributed by atoms with E-state index in [9.17, 15) is 14.7 Å².